The van der Waals surface area contributed by atoms with Crippen molar-refractivity contribution in [1.29, 1.82) is 0 Å². The fourth-order valence-electron chi connectivity index (χ4n) is 2.59. The number of benzene rings is 2. The van der Waals surface area contributed by atoms with E-state index in [0.717, 1.165) is 16.7 Å². The van der Waals surface area contributed by atoms with Crippen LogP contribution in [0.3, 0.4) is 0 Å². The van der Waals surface area contributed by atoms with Crippen LogP contribution in [0.15, 0.2) is 59.6 Å². The molecule has 6 heteroatoms. The van der Waals surface area contributed by atoms with Crippen molar-refractivity contribution in [2.45, 2.75) is 24.8 Å². The molecule has 4 nitrogen and oxygen atoms in total. The lowest BCUT2D eigenvalue weighted by Crippen LogP contribution is -2.39. The van der Waals surface area contributed by atoms with Crippen molar-refractivity contribution in [3.63, 3.8) is 0 Å². The SMILES string of the molecule is Cc1ccc(C2=CN(S(=O)(=O)c3ccc(C)cc3)C[C@@H](CCl)O2)cc1. The lowest BCUT2D eigenvalue weighted by molar-refractivity contribution is 0.150. The summed E-state index contributed by atoms with van der Waals surface area (Å²) in [5, 5.41) is 0. The molecular weight excluding hydrogens is 358 g/mol. The van der Waals surface area contributed by atoms with Gasteiger partial charge in [-0.2, -0.15) is 0 Å². The monoisotopic (exact) mass is 377 g/mol. The number of hydrogen-bond donors (Lipinski definition) is 0. The molecule has 0 saturated carbocycles. The first kappa shape index (κ1) is 17.8. The van der Waals surface area contributed by atoms with Crippen LogP contribution in [0.5, 0.6) is 0 Å². The highest BCUT2D eigenvalue weighted by molar-refractivity contribution is 7.89. The summed E-state index contributed by atoms with van der Waals surface area (Å²) in [4.78, 5) is 0.257. The van der Waals surface area contributed by atoms with E-state index in [0.29, 0.717) is 5.76 Å². The Morgan fingerprint density at radius 1 is 1.04 bits per heavy atom. The van der Waals surface area contributed by atoms with Gasteiger partial charge in [-0.05, 0) is 26.0 Å². The van der Waals surface area contributed by atoms with Crippen LogP contribution in [0.1, 0.15) is 16.7 Å². The van der Waals surface area contributed by atoms with E-state index >= 15 is 0 Å². The van der Waals surface area contributed by atoms with Gasteiger partial charge >= 0.3 is 0 Å². The van der Waals surface area contributed by atoms with Crippen LogP contribution in [0.25, 0.3) is 5.76 Å². The molecule has 1 heterocycles. The zero-order valence-corrected chi connectivity index (χ0v) is 15.7. The molecule has 0 fully saturated rings. The van der Waals surface area contributed by atoms with Gasteiger partial charge in [0.1, 0.15) is 11.9 Å². The van der Waals surface area contributed by atoms with Crippen LogP contribution in [0, 0.1) is 13.8 Å². The Morgan fingerprint density at radius 3 is 2.16 bits per heavy atom. The minimum Gasteiger partial charge on any atom is -0.485 e. The van der Waals surface area contributed by atoms with E-state index in [1.165, 1.54) is 4.31 Å². The maximum Gasteiger partial charge on any atom is 0.264 e. The fraction of sp³-hybridized carbons (Fsp3) is 0.263. The lowest BCUT2D eigenvalue weighted by Gasteiger charge is -2.32. The fourth-order valence-corrected chi connectivity index (χ4v) is 4.09. The minimum absolute atomic E-state index is 0.190. The van der Waals surface area contributed by atoms with Crippen molar-refractivity contribution in [2.75, 3.05) is 12.4 Å². The third kappa shape index (κ3) is 3.83. The van der Waals surface area contributed by atoms with E-state index in [1.54, 1.807) is 30.5 Å². The highest BCUT2D eigenvalue weighted by Gasteiger charge is 2.30. The molecule has 1 atom stereocenters. The van der Waals surface area contributed by atoms with Gasteiger partial charge in [-0.25, -0.2) is 8.42 Å². The molecular formula is C19H20ClNO3S. The third-order valence-electron chi connectivity index (χ3n) is 4.07. The number of aryl methyl sites for hydroxylation is 2. The summed E-state index contributed by atoms with van der Waals surface area (Å²) >= 11 is 5.97. The molecule has 0 unspecified atom stereocenters. The maximum atomic E-state index is 13.0. The lowest BCUT2D eigenvalue weighted by atomic mass is 10.1. The third-order valence-corrected chi connectivity index (χ3v) is 6.16. The summed E-state index contributed by atoms with van der Waals surface area (Å²) in [5.74, 6) is 0.718. The molecule has 3 rings (SSSR count). The standard InChI is InChI=1S/C19H20ClNO3S/c1-14-3-7-16(8-4-14)19-13-21(12-17(11-20)24-19)25(22,23)18-9-5-15(2)6-10-18/h3-10,13,17H,11-12H2,1-2H3/t17-/m1/s1. The quantitative estimate of drug-likeness (QED) is 0.758. The molecule has 132 valence electrons. The maximum absolute atomic E-state index is 13.0. The highest BCUT2D eigenvalue weighted by Crippen LogP contribution is 2.28. The van der Waals surface area contributed by atoms with Gasteiger partial charge in [0.15, 0.2) is 0 Å². The van der Waals surface area contributed by atoms with Crippen molar-refractivity contribution < 1.29 is 13.2 Å². The van der Waals surface area contributed by atoms with Gasteiger partial charge in [0.25, 0.3) is 10.0 Å². The first-order chi connectivity index (χ1) is 11.9. The predicted molar refractivity (Wildman–Crippen MR) is 99.8 cm³/mol. The van der Waals surface area contributed by atoms with E-state index in [9.17, 15) is 8.42 Å². The molecule has 0 radical (unpaired) electrons. The number of alkyl halides is 1. The molecule has 0 spiro atoms. The Morgan fingerprint density at radius 2 is 1.60 bits per heavy atom. The van der Waals surface area contributed by atoms with Crippen LogP contribution in [-0.2, 0) is 14.8 Å². The topological polar surface area (TPSA) is 46.6 Å². The highest BCUT2D eigenvalue weighted by atomic mass is 35.5. The number of hydrogen-bond acceptors (Lipinski definition) is 3. The molecule has 0 aliphatic carbocycles. The Labute approximate surface area is 153 Å². The van der Waals surface area contributed by atoms with Gasteiger partial charge in [0, 0.05) is 5.56 Å². The van der Waals surface area contributed by atoms with Gasteiger partial charge in [0.05, 0.1) is 23.5 Å². The molecule has 2 aromatic carbocycles. The largest absolute Gasteiger partial charge is 0.485 e. The second-order valence-electron chi connectivity index (χ2n) is 6.14. The average molecular weight is 378 g/mol. The molecule has 0 aromatic heterocycles. The van der Waals surface area contributed by atoms with Crippen molar-refractivity contribution in [1.82, 2.24) is 4.31 Å². The van der Waals surface area contributed by atoms with Crippen LogP contribution in [0.2, 0.25) is 0 Å². The Kier molecular flexibility index (Phi) is 5.06. The first-order valence-electron chi connectivity index (χ1n) is 8.00. The van der Waals surface area contributed by atoms with E-state index in [2.05, 4.69) is 0 Å². The normalized spacial score (nSPS) is 17.8. The van der Waals surface area contributed by atoms with Gasteiger partial charge in [-0.15, -0.1) is 11.6 Å². The van der Waals surface area contributed by atoms with E-state index in [4.69, 9.17) is 16.3 Å². The second kappa shape index (κ2) is 7.10. The van der Waals surface area contributed by atoms with Gasteiger partial charge in [0.2, 0.25) is 0 Å². The van der Waals surface area contributed by atoms with Crippen molar-refractivity contribution >= 4 is 27.4 Å². The predicted octanol–water partition coefficient (Wildman–Crippen LogP) is 3.93. The van der Waals surface area contributed by atoms with E-state index in [-0.39, 0.29) is 17.3 Å². The smallest absolute Gasteiger partial charge is 0.264 e. The molecule has 0 amide bonds. The average Bonchev–Trinajstić information content (AvgIpc) is 2.62. The molecule has 1 aliphatic rings. The summed E-state index contributed by atoms with van der Waals surface area (Å²) in [6.07, 6.45) is 1.14. The Bertz CT molecular complexity index is 874. The van der Waals surface area contributed by atoms with Gasteiger partial charge in [-0.1, -0.05) is 47.5 Å². The molecule has 25 heavy (non-hydrogen) atoms. The van der Waals surface area contributed by atoms with Crippen LogP contribution in [0.4, 0.5) is 0 Å². The molecule has 0 N–H and O–H groups in total. The van der Waals surface area contributed by atoms with Crippen molar-refractivity contribution in [3.8, 4) is 0 Å². The number of nitrogens with zero attached hydrogens (tertiary/aromatic N) is 1. The summed E-state index contributed by atoms with van der Waals surface area (Å²) in [6.45, 7) is 4.11. The second-order valence-corrected chi connectivity index (χ2v) is 8.34. The molecule has 0 bridgehead atoms. The minimum atomic E-state index is -3.65. The summed E-state index contributed by atoms with van der Waals surface area (Å²) < 4.78 is 33.1. The summed E-state index contributed by atoms with van der Waals surface area (Å²) in [5.41, 5.74) is 2.96. The van der Waals surface area contributed by atoms with E-state index < -0.39 is 16.1 Å². The Balaban J connectivity index is 2.00. The first-order valence-corrected chi connectivity index (χ1v) is 9.97. The molecule has 0 saturated heterocycles. The van der Waals surface area contributed by atoms with Crippen LogP contribution in [-0.4, -0.2) is 31.3 Å². The number of sulfonamides is 1. The summed E-state index contributed by atoms with van der Waals surface area (Å²) in [6, 6.07) is 14.6. The van der Waals surface area contributed by atoms with Crippen molar-refractivity contribution in [2.24, 2.45) is 0 Å². The van der Waals surface area contributed by atoms with Gasteiger partial charge in [-0.3, -0.25) is 4.31 Å². The van der Waals surface area contributed by atoms with Crippen molar-refractivity contribution in [3.05, 3.63) is 71.4 Å². The number of halogens is 1. The van der Waals surface area contributed by atoms with Gasteiger partial charge < -0.3 is 4.74 Å². The van der Waals surface area contributed by atoms with E-state index in [1.807, 2.05) is 38.1 Å². The molecule has 2 aromatic rings. The number of ether oxygens (including phenoxy) is 1. The van der Waals surface area contributed by atoms with Crippen LogP contribution >= 0.6 is 11.6 Å². The van der Waals surface area contributed by atoms with Crippen LogP contribution < -0.4 is 0 Å². The molecule has 1 aliphatic heterocycles. The zero-order valence-electron chi connectivity index (χ0n) is 14.1. The number of rotatable bonds is 4. The zero-order chi connectivity index (χ0) is 18.0. The summed E-state index contributed by atoms with van der Waals surface area (Å²) in [7, 11) is -3.65. The Hall–Kier alpha value is -1.98.